The van der Waals surface area contributed by atoms with E-state index in [2.05, 4.69) is 15.1 Å². The zero-order chi connectivity index (χ0) is 23.4. The van der Waals surface area contributed by atoms with Gasteiger partial charge in [-0.15, -0.1) is 0 Å². The van der Waals surface area contributed by atoms with Gasteiger partial charge in [-0.1, -0.05) is 53.5 Å². The Morgan fingerprint density at radius 1 is 0.970 bits per heavy atom. The number of hydrogen-bond donors (Lipinski definition) is 2. The van der Waals surface area contributed by atoms with E-state index in [1.165, 1.54) is 6.07 Å². The second-order valence-corrected chi connectivity index (χ2v) is 10.1. The molecule has 0 atom stereocenters. The average molecular weight is 502 g/mol. The summed E-state index contributed by atoms with van der Waals surface area (Å²) in [6.07, 6.45) is 3.17. The van der Waals surface area contributed by atoms with Gasteiger partial charge in [0.1, 0.15) is 18.6 Å². The Hall–Kier alpha value is -2.59. The first-order chi connectivity index (χ1) is 15.9. The van der Waals surface area contributed by atoms with Gasteiger partial charge in [0, 0.05) is 35.9 Å². The van der Waals surface area contributed by atoms with Crippen molar-refractivity contribution in [3.05, 3.63) is 70.8 Å². The summed E-state index contributed by atoms with van der Waals surface area (Å²) in [5.41, 5.74) is 3.31. The van der Waals surface area contributed by atoms with E-state index in [1.54, 1.807) is 28.9 Å². The number of rotatable bonds is 9. The molecule has 2 heterocycles. The van der Waals surface area contributed by atoms with Crippen molar-refractivity contribution in [1.82, 2.24) is 19.3 Å². The maximum absolute atomic E-state index is 12.4. The summed E-state index contributed by atoms with van der Waals surface area (Å²) in [6, 6.07) is 15.9. The lowest BCUT2D eigenvalue weighted by molar-refractivity contribution is 0.577. The summed E-state index contributed by atoms with van der Waals surface area (Å²) in [7, 11) is -1.68. The molecule has 0 unspecified atom stereocenters. The SMILES string of the molecule is Bc1cnn2c(NCCCCNS(=O)(=O)c3ccccc3Cl)cc(-c3ccccc3Cl)nc12. The minimum absolute atomic E-state index is 0.0881. The molecule has 0 aliphatic heterocycles. The normalized spacial score (nSPS) is 11.7. The molecule has 0 aliphatic carbocycles. The lowest BCUT2D eigenvalue weighted by Crippen LogP contribution is -2.25. The van der Waals surface area contributed by atoms with Crippen LogP contribution in [0, 0.1) is 0 Å². The van der Waals surface area contributed by atoms with Crippen LogP contribution in [0.2, 0.25) is 10.0 Å². The van der Waals surface area contributed by atoms with Crippen molar-refractivity contribution in [2.24, 2.45) is 0 Å². The summed E-state index contributed by atoms with van der Waals surface area (Å²) in [6.45, 7) is 0.945. The average Bonchev–Trinajstić information content (AvgIpc) is 3.17. The van der Waals surface area contributed by atoms with Gasteiger partial charge in [-0.2, -0.15) is 9.61 Å². The fourth-order valence-electron chi connectivity index (χ4n) is 3.42. The Kier molecular flexibility index (Phi) is 7.24. The zero-order valence-corrected chi connectivity index (χ0v) is 20.3. The summed E-state index contributed by atoms with van der Waals surface area (Å²) in [5, 5.41) is 8.64. The van der Waals surface area contributed by atoms with Crippen LogP contribution in [-0.4, -0.2) is 44.0 Å². The van der Waals surface area contributed by atoms with Crippen LogP contribution in [0.5, 0.6) is 0 Å². The molecule has 33 heavy (non-hydrogen) atoms. The lowest BCUT2D eigenvalue weighted by Gasteiger charge is -2.12. The molecule has 0 fully saturated rings. The van der Waals surface area contributed by atoms with Crippen LogP contribution in [0.15, 0.2) is 65.7 Å². The maximum Gasteiger partial charge on any atom is 0.242 e. The van der Waals surface area contributed by atoms with E-state index >= 15 is 0 Å². The van der Waals surface area contributed by atoms with Gasteiger partial charge in [-0.05, 0) is 36.5 Å². The Bertz CT molecular complexity index is 1390. The predicted octanol–water partition coefficient (Wildman–Crippen LogP) is 3.13. The van der Waals surface area contributed by atoms with Crippen LogP contribution in [0.25, 0.3) is 16.9 Å². The Morgan fingerprint density at radius 2 is 1.67 bits per heavy atom. The molecule has 0 bridgehead atoms. The van der Waals surface area contributed by atoms with Crippen LogP contribution in [0.4, 0.5) is 5.82 Å². The molecule has 2 N–H and O–H groups in total. The Labute approximate surface area is 203 Å². The third-order valence-corrected chi connectivity index (χ3v) is 7.42. The van der Waals surface area contributed by atoms with Gasteiger partial charge in [0.05, 0.1) is 10.7 Å². The standard InChI is InChI=1S/C22H22BCl2N5O2S/c23-16-14-27-30-21(13-19(29-22(16)30)15-7-1-2-8-17(15)24)26-11-5-6-12-28-33(31,32)20-10-4-3-9-18(20)25/h1-4,7-10,13-14,26,28H,5-6,11-12,23H2. The Morgan fingerprint density at radius 3 is 2.42 bits per heavy atom. The highest BCUT2D eigenvalue weighted by Gasteiger charge is 2.16. The number of sulfonamides is 1. The van der Waals surface area contributed by atoms with E-state index in [0.717, 1.165) is 34.6 Å². The van der Waals surface area contributed by atoms with Crippen molar-refractivity contribution in [2.45, 2.75) is 17.7 Å². The number of anilines is 1. The predicted molar refractivity (Wildman–Crippen MR) is 136 cm³/mol. The highest BCUT2D eigenvalue weighted by atomic mass is 35.5. The highest BCUT2D eigenvalue weighted by Crippen LogP contribution is 2.28. The minimum Gasteiger partial charge on any atom is -0.370 e. The monoisotopic (exact) mass is 501 g/mol. The summed E-state index contributed by atoms with van der Waals surface area (Å²) in [4.78, 5) is 4.82. The van der Waals surface area contributed by atoms with Crippen molar-refractivity contribution in [3.63, 3.8) is 0 Å². The van der Waals surface area contributed by atoms with Crippen molar-refractivity contribution >= 4 is 58.0 Å². The van der Waals surface area contributed by atoms with Gasteiger partial charge in [0.2, 0.25) is 10.0 Å². The third-order valence-electron chi connectivity index (χ3n) is 5.13. The van der Waals surface area contributed by atoms with Crippen LogP contribution in [-0.2, 0) is 10.0 Å². The first kappa shape index (κ1) is 23.6. The van der Waals surface area contributed by atoms with Crippen LogP contribution in [0.3, 0.4) is 0 Å². The molecule has 0 radical (unpaired) electrons. The molecule has 0 spiro atoms. The number of fused-ring (bicyclic) bond motifs is 1. The van der Waals surface area contributed by atoms with Gasteiger partial charge < -0.3 is 5.32 Å². The number of unbranched alkanes of at least 4 members (excludes halogenated alkanes) is 1. The number of benzene rings is 2. The third kappa shape index (κ3) is 5.33. The summed E-state index contributed by atoms with van der Waals surface area (Å²) < 4.78 is 29.2. The zero-order valence-electron chi connectivity index (χ0n) is 17.9. The smallest absolute Gasteiger partial charge is 0.242 e. The van der Waals surface area contributed by atoms with Crippen molar-refractivity contribution < 1.29 is 8.42 Å². The highest BCUT2D eigenvalue weighted by molar-refractivity contribution is 7.89. The molecule has 7 nitrogen and oxygen atoms in total. The summed E-state index contributed by atoms with van der Waals surface area (Å²) in [5.74, 6) is 0.791. The molecule has 170 valence electrons. The van der Waals surface area contributed by atoms with E-state index in [0.29, 0.717) is 24.5 Å². The molecule has 2 aromatic carbocycles. The molecular formula is C22H22BCl2N5O2S. The van der Waals surface area contributed by atoms with E-state index in [9.17, 15) is 8.42 Å². The maximum atomic E-state index is 12.4. The second kappa shape index (κ2) is 10.1. The summed E-state index contributed by atoms with van der Waals surface area (Å²) >= 11 is 12.4. The molecule has 0 saturated heterocycles. The molecule has 0 amide bonds. The number of nitrogens with zero attached hydrogens (tertiary/aromatic N) is 3. The van der Waals surface area contributed by atoms with Crippen molar-refractivity contribution in [1.29, 1.82) is 0 Å². The minimum atomic E-state index is -3.63. The van der Waals surface area contributed by atoms with E-state index in [4.69, 9.17) is 28.2 Å². The fraction of sp³-hybridized carbons (Fsp3) is 0.182. The fourth-order valence-corrected chi connectivity index (χ4v) is 5.24. The molecule has 11 heteroatoms. The van der Waals surface area contributed by atoms with Crippen LogP contribution < -0.4 is 15.5 Å². The lowest BCUT2D eigenvalue weighted by atomic mass is 10.0. The molecule has 0 saturated carbocycles. The van der Waals surface area contributed by atoms with Crippen molar-refractivity contribution in [3.8, 4) is 11.3 Å². The Balaban J connectivity index is 1.40. The molecule has 0 aliphatic rings. The number of nitrogens with one attached hydrogen (secondary N) is 2. The molecule has 4 aromatic rings. The number of hydrogen-bond acceptors (Lipinski definition) is 5. The van der Waals surface area contributed by atoms with E-state index in [-0.39, 0.29) is 9.92 Å². The first-order valence-electron chi connectivity index (χ1n) is 10.5. The van der Waals surface area contributed by atoms with E-state index < -0.39 is 10.0 Å². The van der Waals surface area contributed by atoms with Gasteiger partial charge in [-0.3, -0.25) is 0 Å². The van der Waals surface area contributed by atoms with Crippen LogP contribution >= 0.6 is 23.2 Å². The van der Waals surface area contributed by atoms with Crippen molar-refractivity contribution in [2.75, 3.05) is 18.4 Å². The molecular weight excluding hydrogens is 480 g/mol. The second-order valence-electron chi connectivity index (χ2n) is 7.53. The quantitative estimate of drug-likeness (QED) is 0.271. The number of halogens is 2. The van der Waals surface area contributed by atoms with Crippen LogP contribution in [0.1, 0.15) is 12.8 Å². The van der Waals surface area contributed by atoms with Gasteiger partial charge in [-0.25, -0.2) is 18.1 Å². The molecule has 2 aromatic heterocycles. The van der Waals surface area contributed by atoms with Gasteiger partial charge in [0.25, 0.3) is 0 Å². The molecule has 4 rings (SSSR count). The van der Waals surface area contributed by atoms with Gasteiger partial charge >= 0.3 is 0 Å². The van der Waals surface area contributed by atoms with E-state index in [1.807, 2.05) is 38.2 Å². The number of aromatic nitrogens is 3. The first-order valence-corrected chi connectivity index (χ1v) is 12.7. The topological polar surface area (TPSA) is 88.4 Å². The largest absolute Gasteiger partial charge is 0.370 e. The van der Waals surface area contributed by atoms with Gasteiger partial charge in [0.15, 0.2) is 5.65 Å².